The SMILES string of the molecule is CC(C)c1ccc(CN2CCN(C(=O)CNC(=O)c3ccco3)CC2)cc1. The first-order valence-electron chi connectivity index (χ1n) is 9.43. The number of hydrogen-bond donors (Lipinski definition) is 1. The van der Waals surface area contributed by atoms with E-state index in [1.54, 1.807) is 17.0 Å². The van der Waals surface area contributed by atoms with Crippen LogP contribution in [0.25, 0.3) is 0 Å². The summed E-state index contributed by atoms with van der Waals surface area (Å²) in [6.07, 6.45) is 1.44. The lowest BCUT2D eigenvalue weighted by atomic mass is 10.0. The molecule has 1 aromatic heterocycles. The summed E-state index contributed by atoms with van der Waals surface area (Å²) in [6.45, 7) is 8.32. The Morgan fingerprint density at radius 2 is 1.78 bits per heavy atom. The van der Waals surface area contributed by atoms with Crippen LogP contribution in [-0.4, -0.2) is 54.3 Å². The van der Waals surface area contributed by atoms with Crippen LogP contribution in [0.1, 0.15) is 41.4 Å². The average Bonchev–Trinajstić information content (AvgIpc) is 3.22. The molecule has 6 heteroatoms. The Bertz CT molecular complexity index is 745. The zero-order valence-corrected chi connectivity index (χ0v) is 16.0. The van der Waals surface area contributed by atoms with E-state index >= 15 is 0 Å². The van der Waals surface area contributed by atoms with E-state index in [-0.39, 0.29) is 24.1 Å². The molecule has 1 aliphatic rings. The molecule has 27 heavy (non-hydrogen) atoms. The van der Waals surface area contributed by atoms with Gasteiger partial charge in [-0.3, -0.25) is 14.5 Å². The maximum atomic E-state index is 12.3. The van der Waals surface area contributed by atoms with Crippen molar-refractivity contribution in [3.05, 3.63) is 59.5 Å². The van der Waals surface area contributed by atoms with E-state index in [0.717, 1.165) is 19.6 Å². The number of nitrogens with zero attached hydrogens (tertiary/aromatic N) is 2. The Morgan fingerprint density at radius 3 is 2.37 bits per heavy atom. The molecule has 1 fully saturated rings. The number of nitrogens with one attached hydrogen (secondary N) is 1. The fourth-order valence-corrected chi connectivity index (χ4v) is 3.18. The second kappa shape index (κ2) is 8.86. The summed E-state index contributed by atoms with van der Waals surface area (Å²) < 4.78 is 5.02. The molecule has 0 saturated carbocycles. The minimum Gasteiger partial charge on any atom is -0.459 e. The van der Waals surface area contributed by atoms with Crippen molar-refractivity contribution in [3.63, 3.8) is 0 Å². The second-order valence-corrected chi connectivity index (χ2v) is 7.21. The van der Waals surface area contributed by atoms with Gasteiger partial charge in [0.2, 0.25) is 5.91 Å². The third-order valence-corrected chi connectivity index (χ3v) is 4.92. The molecule has 2 heterocycles. The zero-order valence-electron chi connectivity index (χ0n) is 16.0. The molecule has 1 aromatic carbocycles. The van der Waals surface area contributed by atoms with Gasteiger partial charge in [-0.25, -0.2) is 0 Å². The van der Waals surface area contributed by atoms with Gasteiger partial charge in [-0.15, -0.1) is 0 Å². The molecular formula is C21H27N3O3. The van der Waals surface area contributed by atoms with Gasteiger partial charge in [0.1, 0.15) is 0 Å². The highest BCUT2D eigenvalue weighted by atomic mass is 16.3. The van der Waals surface area contributed by atoms with Crippen LogP contribution in [0.2, 0.25) is 0 Å². The quantitative estimate of drug-likeness (QED) is 0.850. The van der Waals surface area contributed by atoms with Gasteiger partial charge in [-0.2, -0.15) is 0 Å². The third-order valence-electron chi connectivity index (χ3n) is 4.92. The molecule has 1 N–H and O–H groups in total. The fraction of sp³-hybridized carbons (Fsp3) is 0.429. The summed E-state index contributed by atoms with van der Waals surface area (Å²) in [5, 5.41) is 2.61. The van der Waals surface area contributed by atoms with E-state index in [2.05, 4.69) is 48.3 Å². The first-order chi connectivity index (χ1) is 13.0. The van der Waals surface area contributed by atoms with Crippen molar-refractivity contribution in [2.75, 3.05) is 32.7 Å². The average molecular weight is 369 g/mol. The maximum absolute atomic E-state index is 12.3. The van der Waals surface area contributed by atoms with Gasteiger partial charge in [-0.05, 0) is 29.2 Å². The molecule has 6 nitrogen and oxygen atoms in total. The van der Waals surface area contributed by atoms with Crippen molar-refractivity contribution in [1.82, 2.24) is 15.1 Å². The van der Waals surface area contributed by atoms with Crippen molar-refractivity contribution in [1.29, 1.82) is 0 Å². The first kappa shape index (κ1) is 19.2. The van der Waals surface area contributed by atoms with Gasteiger partial charge in [0.15, 0.2) is 5.76 Å². The molecular weight excluding hydrogens is 342 g/mol. The molecule has 3 rings (SSSR count). The Kier molecular flexibility index (Phi) is 6.29. The molecule has 0 aliphatic carbocycles. The van der Waals surface area contributed by atoms with Gasteiger partial charge in [0, 0.05) is 32.7 Å². The number of piperazine rings is 1. The highest BCUT2D eigenvalue weighted by molar-refractivity contribution is 5.94. The molecule has 0 bridgehead atoms. The number of carbonyl (C=O) groups is 2. The minimum absolute atomic E-state index is 0.00377. The minimum atomic E-state index is -0.364. The predicted octanol–water partition coefficient (Wildman–Crippen LogP) is 2.48. The van der Waals surface area contributed by atoms with Crippen molar-refractivity contribution in [2.24, 2.45) is 0 Å². The van der Waals surface area contributed by atoms with E-state index in [0.29, 0.717) is 19.0 Å². The molecule has 2 aromatic rings. The summed E-state index contributed by atoms with van der Waals surface area (Å²) >= 11 is 0. The van der Waals surface area contributed by atoms with Crippen LogP contribution >= 0.6 is 0 Å². The van der Waals surface area contributed by atoms with Gasteiger partial charge < -0.3 is 14.6 Å². The Balaban J connectivity index is 1.41. The van der Waals surface area contributed by atoms with Crippen LogP contribution in [0, 0.1) is 0 Å². The molecule has 0 unspecified atom stereocenters. The van der Waals surface area contributed by atoms with Crippen LogP contribution in [0.15, 0.2) is 47.1 Å². The largest absolute Gasteiger partial charge is 0.459 e. The molecule has 1 saturated heterocycles. The lowest BCUT2D eigenvalue weighted by molar-refractivity contribution is -0.131. The summed E-state index contributed by atoms with van der Waals surface area (Å²) in [6, 6.07) is 12.0. The van der Waals surface area contributed by atoms with E-state index in [1.807, 2.05) is 0 Å². The molecule has 2 amide bonds. The van der Waals surface area contributed by atoms with Gasteiger partial charge >= 0.3 is 0 Å². The number of amides is 2. The Morgan fingerprint density at radius 1 is 1.07 bits per heavy atom. The Hall–Kier alpha value is -2.60. The summed E-state index contributed by atoms with van der Waals surface area (Å²) in [4.78, 5) is 28.3. The van der Waals surface area contributed by atoms with Gasteiger partial charge in [-0.1, -0.05) is 38.1 Å². The fourth-order valence-electron chi connectivity index (χ4n) is 3.18. The maximum Gasteiger partial charge on any atom is 0.287 e. The van der Waals surface area contributed by atoms with Gasteiger partial charge in [0.05, 0.1) is 12.8 Å². The lowest BCUT2D eigenvalue weighted by Crippen LogP contribution is -2.50. The van der Waals surface area contributed by atoms with Crippen LogP contribution in [-0.2, 0) is 11.3 Å². The van der Waals surface area contributed by atoms with Crippen LogP contribution in [0.3, 0.4) is 0 Å². The molecule has 144 valence electrons. The summed E-state index contributed by atoms with van der Waals surface area (Å²) in [7, 11) is 0. The summed E-state index contributed by atoms with van der Waals surface area (Å²) in [5.74, 6) is 0.339. The smallest absolute Gasteiger partial charge is 0.287 e. The summed E-state index contributed by atoms with van der Waals surface area (Å²) in [5.41, 5.74) is 2.65. The third kappa shape index (κ3) is 5.20. The normalized spacial score (nSPS) is 15.1. The van der Waals surface area contributed by atoms with Crippen molar-refractivity contribution < 1.29 is 14.0 Å². The van der Waals surface area contributed by atoms with Crippen molar-refractivity contribution in [2.45, 2.75) is 26.3 Å². The first-order valence-corrected chi connectivity index (χ1v) is 9.43. The topological polar surface area (TPSA) is 65.8 Å². The van der Waals surface area contributed by atoms with Gasteiger partial charge in [0.25, 0.3) is 5.91 Å². The monoisotopic (exact) mass is 369 g/mol. The molecule has 0 atom stereocenters. The standard InChI is InChI=1S/C21H27N3O3/c1-16(2)18-7-5-17(6-8-18)15-23-9-11-24(12-10-23)20(25)14-22-21(26)19-4-3-13-27-19/h3-8,13,16H,9-12,14-15H2,1-2H3,(H,22,26). The Labute approximate surface area is 160 Å². The second-order valence-electron chi connectivity index (χ2n) is 7.21. The number of furan rings is 1. The zero-order chi connectivity index (χ0) is 19.2. The van der Waals surface area contributed by atoms with Crippen molar-refractivity contribution >= 4 is 11.8 Å². The number of carbonyl (C=O) groups excluding carboxylic acids is 2. The van der Waals surface area contributed by atoms with Crippen LogP contribution < -0.4 is 5.32 Å². The van der Waals surface area contributed by atoms with E-state index in [4.69, 9.17) is 4.42 Å². The highest BCUT2D eigenvalue weighted by Crippen LogP contribution is 2.16. The molecule has 0 spiro atoms. The number of hydrogen-bond acceptors (Lipinski definition) is 4. The van der Waals surface area contributed by atoms with Crippen LogP contribution in [0.4, 0.5) is 0 Å². The molecule has 1 aliphatic heterocycles. The highest BCUT2D eigenvalue weighted by Gasteiger charge is 2.21. The van der Waals surface area contributed by atoms with E-state index in [9.17, 15) is 9.59 Å². The van der Waals surface area contributed by atoms with Crippen LogP contribution in [0.5, 0.6) is 0 Å². The van der Waals surface area contributed by atoms with E-state index in [1.165, 1.54) is 17.4 Å². The molecule has 0 radical (unpaired) electrons. The predicted molar refractivity (Wildman–Crippen MR) is 103 cm³/mol. The van der Waals surface area contributed by atoms with E-state index < -0.39 is 0 Å². The number of benzene rings is 1. The lowest BCUT2D eigenvalue weighted by Gasteiger charge is -2.34. The van der Waals surface area contributed by atoms with Crippen molar-refractivity contribution in [3.8, 4) is 0 Å². The number of rotatable bonds is 6.